The molecule has 0 radical (unpaired) electrons. The lowest BCUT2D eigenvalue weighted by Crippen LogP contribution is -2.14. The zero-order valence-corrected chi connectivity index (χ0v) is 18.6. The van der Waals surface area contributed by atoms with E-state index in [0.717, 1.165) is 11.3 Å². The van der Waals surface area contributed by atoms with Gasteiger partial charge in [0.15, 0.2) is 0 Å². The molecule has 1 N–H and O–H groups in total. The van der Waals surface area contributed by atoms with Crippen LogP contribution in [0.2, 0.25) is 5.02 Å². The van der Waals surface area contributed by atoms with E-state index in [1.165, 1.54) is 6.07 Å². The van der Waals surface area contributed by atoms with Gasteiger partial charge in [0.2, 0.25) is 11.8 Å². The molecule has 4 aromatic carbocycles. The fourth-order valence-electron chi connectivity index (χ4n) is 3.45. The molecule has 1 aromatic heterocycles. The molecule has 5 rings (SSSR count). The van der Waals surface area contributed by atoms with Crippen LogP contribution in [0, 0.1) is 5.82 Å². The summed E-state index contributed by atoms with van der Waals surface area (Å²) in [4.78, 5) is 0. The van der Waals surface area contributed by atoms with Gasteiger partial charge < -0.3 is 14.5 Å². The number of hydrogen-bond donors (Lipinski definition) is 1. The topological polar surface area (TPSA) is 60.2 Å². The third kappa shape index (κ3) is 4.92. The number of aromatic nitrogens is 2. The van der Waals surface area contributed by atoms with Gasteiger partial charge in [0, 0.05) is 21.8 Å². The first-order valence-electron chi connectivity index (χ1n) is 10.6. The first-order chi connectivity index (χ1) is 16.7. The molecule has 0 aliphatic heterocycles. The smallest absolute Gasteiger partial charge is 0.247 e. The van der Waals surface area contributed by atoms with Crippen molar-refractivity contribution >= 4 is 17.3 Å². The van der Waals surface area contributed by atoms with E-state index >= 15 is 0 Å². The zero-order chi connectivity index (χ0) is 23.3. The average Bonchev–Trinajstić information content (AvgIpc) is 3.36. The second-order valence-corrected chi connectivity index (χ2v) is 7.93. The fourth-order valence-corrected chi connectivity index (χ4v) is 3.58. The Labute approximate surface area is 200 Å². The van der Waals surface area contributed by atoms with Crippen molar-refractivity contribution < 1.29 is 13.5 Å². The Bertz CT molecular complexity index is 1370. The Morgan fingerprint density at radius 2 is 1.41 bits per heavy atom. The number of halogens is 2. The number of benzene rings is 4. The van der Waals surface area contributed by atoms with E-state index in [-0.39, 0.29) is 11.7 Å². The van der Waals surface area contributed by atoms with Crippen LogP contribution in [0.3, 0.4) is 0 Å². The quantitative estimate of drug-likeness (QED) is 0.266. The second-order valence-electron chi connectivity index (χ2n) is 7.49. The van der Waals surface area contributed by atoms with Gasteiger partial charge in [-0.1, -0.05) is 48.0 Å². The van der Waals surface area contributed by atoms with Crippen LogP contribution in [0.4, 0.5) is 10.1 Å². The van der Waals surface area contributed by atoms with Crippen LogP contribution in [0.1, 0.15) is 17.5 Å². The number of hydrogen-bond acceptors (Lipinski definition) is 5. The molecule has 0 unspecified atom stereocenters. The molecule has 0 fully saturated rings. The van der Waals surface area contributed by atoms with Gasteiger partial charge in [-0.15, -0.1) is 10.2 Å². The van der Waals surface area contributed by atoms with Gasteiger partial charge in [0.1, 0.15) is 23.4 Å². The summed E-state index contributed by atoms with van der Waals surface area (Å²) >= 11 is 5.92. The Morgan fingerprint density at radius 1 is 0.765 bits per heavy atom. The van der Waals surface area contributed by atoms with E-state index in [1.807, 2.05) is 54.6 Å². The minimum absolute atomic E-state index is 0.255. The maximum Gasteiger partial charge on any atom is 0.247 e. The molecule has 0 spiro atoms. The predicted molar refractivity (Wildman–Crippen MR) is 130 cm³/mol. The number of nitrogens with one attached hydrogen (secondary N) is 1. The van der Waals surface area contributed by atoms with E-state index < -0.39 is 6.04 Å². The zero-order valence-electron chi connectivity index (χ0n) is 17.9. The molecule has 0 saturated carbocycles. The lowest BCUT2D eigenvalue weighted by atomic mass is 10.1. The molecule has 5 nitrogen and oxygen atoms in total. The predicted octanol–water partition coefficient (Wildman–Crippen LogP) is 7.52. The third-order valence-electron chi connectivity index (χ3n) is 5.14. The van der Waals surface area contributed by atoms with Gasteiger partial charge >= 0.3 is 0 Å². The van der Waals surface area contributed by atoms with Crippen molar-refractivity contribution in [3.63, 3.8) is 0 Å². The molecule has 7 heteroatoms. The molecule has 5 aromatic rings. The van der Waals surface area contributed by atoms with Crippen LogP contribution in [-0.4, -0.2) is 10.2 Å². The lowest BCUT2D eigenvalue weighted by molar-refractivity contribution is 0.482. The lowest BCUT2D eigenvalue weighted by Gasteiger charge is -2.18. The Balaban J connectivity index is 1.41. The second kappa shape index (κ2) is 9.77. The molecule has 34 heavy (non-hydrogen) atoms. The normalized spacial score (nSPS) is 11.7. The van der Waals surface area contributed by atoms with Crippen LogP contribution in [-0.2, 0) is 0 Å². The SMILES string of the molecule is Fc1ccccc1[C@@H](Nc1ccc(Oc2ccc(Cl)cc2)cc1)c1nnc(-c2ccccc2)o1. The van der Waals surface area contributed by atoms with Gasteiger partial charge in [-0.3, -0.25) is 0 Å². The van der Waals surface area contributed by atoms with Crippen LogP contribution in [0.5, 0.6) is 11.5 Å². The van der Waals surface area contributed by atoms with Crippen molar-refractivity contribution in [1.82, 2.24) is 10.2 Å². The van der Waals surface area contributed by atoms with Crippen LogP contribution in [0.15, 0.2) is 108 Å². The molecule has 0 amide bonds. The van der Waals surface area contributed by atoms with E-state index in [0.29, 0.717) is 28.0 Å². The minimum atomic E-state index is -0.686. The van der Waals surface area contributed by atoms with Crippen molar-refractivity contribution in [1.29, 1.82) is 0 Å². The molecule has 168 valence electrons. The van der Waals surface area contributed by atoms with Crippen LogP contribution in [0.25, 0.3) is 11.5 Å². The van der Waals surface area contributed by atoms with Gasteiger partial charge in [-0.2, -0.15) is 0 Å². The van der Waals surface area contributed by atoms with Gasteiger partial charge in [-0.25, -0.2) is 4.39 Å². The highest BCUT2D eigenvalue weighted by Gasteiger charge is 2.24. The molecular formula is C27H19ClFN3O2. The average molecular weight is 472 g/mol. The van der Waals surface area contributed by atoms with Crippen LogP contribution < -0.4 is 10.1 Å². The van der Waals surface area contributed by atoms with Gasteiger partial charge in [0.05, 0.1) is 0 Å². The number of rotatable bonds is 7. The van der Waals surface area contributed by atoms with Crippen molar-refractivity contribution in [2.45, 2.75) is 6.04 Å². The van der Waals surface area contributed by atoms with Gasteiger partial charge in [-0.05, 0) is 66.7 Å². The Morgan fingerprint density at radius 3 is 2.12 bits per heavy atom. The largest absolute Gasteiger partial charge is 0.457 e. The summed E-state index contributed by atoms with van der Waals surface area (Å²) in [6, 6.07) is 29.7. The monoisotopic (exact) mass is 471 g/mol. The van der Waals surface area contributed by atoms with E-state index in [2.05, 4.69) is 15.5 Å². The Kier molecular flexibility index (Phi) is 6.23. The molecule has 0 bridgehead atoms. The molecular weight excluding hydrogens is 453 g/mol. The summed E-state index contributed by atoms with van der Waals surface area (Å²) in [5.74, 6) is 1.58. The standard InChI is InChI=1S/C27H19ClFN3O2/c28-19-10-14-21(15-11-19)33-22-16-12-20(13-17-22)30-25(23-8-4-5-9-24(23)29)27-32-31-26(34-27)18-6-2-1-3-7-18/h1-17,25,30H/t25-/m1/s1. The first kappa shape index (κ1) is 21.7. The molecule has 1 atom stereocenters. The van der Waals surface area contributed by atoms with Crippen molar-refractivity contribution in [2.75, 3.05) is 5.32 Å². The number of anilines is 1. The summed E-state index contributed by atoms with van der Waals surface area (Å²) in [5, 5.41) is 12.3. The van der Waals surface area contributed by atoms with Crippen molar-refractivity contribution in [3.8, 4) is 23.0 Å². The van der Waals surface area contributed by atoms with Crippen molar-refractivity contribution in [2.24, 2.45) is 0 Å². The molecule has 1 heterocycles. The highest BCUT2D eigenvalue weighted by Crippen LogP contribution is 2.31. The summed E-state index contributed by atoms with van der Waals surface area (Å²) < 4.78 is 26.5. The fraction of sp³-hybridized carbons (Fsp3) is 0.0370. The Hall–Kier alpha value is -4.16. The highest BCUT2D eigenvalue weighted by molar-refractivity contribution is 6.30. The van der Waals surface area contributed by atoms with E-state index in [4.69, 9.17) is 20.8 Å². The molecule has 0 aliphatic carbocycles. The van der Waals surface area contributed by atoms with E-state index in [1.54, 1.807) is 42.5 Å². The number of ether oxygens (including phenoxy) is 1. The highest BCUT2D eigenvalue weighted by atomic mass is 35.5. The summed E-state index contributed by atoms with van der Waals surface area (Å²) in [6.07, 6.45) is 0. The third-order valence-corrected chi connectivity index (χ3v) is 5.39. The number of nitrogens with zero attached hydrogens (tertiary/aromatic N) is 2. The molecule has 0 saturated heterocycles. The minimum Gasteiger partial charge on any atom is -0.457 e. The maximum atomic E-state index is 14.7. The van der Waals surface area contributed by atoms with Crippen molar-refractivity contribution in [3.05, 3.63) is 125 Å². The maximum absolute atomic E-state index is 14.7. The molecule has 0 aliphatic rings. The van der Waals surface area contributed by atoms with Crippen LogP contribution >= 0.6 is 11.6 Å². The summed E-state index contributed by atoms with van der Waals surface area (Å²) in [5.41, 5.74) is 1.92. The first-order valence-corrected chi connectivity index (χ1v) is 11.0. The summed E-state index contributed by atoms with van der Waals surface area (Å²) in [7, 11) is 0. The summed E-state index contributed by atoms with van der Waals surface area (Å²) in [6.45, 7) is 0. The van der Waals surface area contributed by atoms with E-state index in [9.17, 15) is 4.39 Å². The van der Waals surface area contributed by atoms with Gasteiger partial charge in [0.25, 0.3) is 0 Å².